The van der Waals surface area contributed by atoms with Crippen LogP contribution >= 0.6 is 0 Å². The Labute approximate surface area is 73.3 Å². The summed E-state index contributed by atoms with van der Waals surface area (Å²) in [7, 11) is 0. The Hall–Kier alpha value is -0.610. The van der Waals surface area contributed by atoms with Crippen molar-refractivity contribution in [1.82, 2.24) is 4.90 Å². The first-order valence-electron chi connectivity index (χ1n) is 4.15. The molecule has 0 saturated heterocycles. The van der Waals surface area contributed by atoms with Gasteiger partial charge in [0.15, 0.2) is 0 Å². The molecule has 0 aromatic heterocycles. The number of nitrogens with zero attached hydrogens (tertiary/aromatic N) is 1. The summed E-state index contributed by atoms with van der Waals surface area (Å²) in [5, 5.41) is 8.89. The topological polar surface area (TPSA) is 66.6 Å². The number of nitrogens with two attached hydrogens (primary N) is 1. The first-order chi connectivity index (χ1) is 5.46. The number of aliphatic carboxylic acids is 1. The Balaban J connectivity index is 4.36. The molecule has 0 aliphatic carbocycles. The lowest BCUT2D eigenvalue weighted by Crippen LogP contribution is -2.51. The van der Waals surface area contributed by atoms with Crippen molar-refractivity contribution in [1.29, 1.82) is 0 Å². The Morgan fingerprint density at radius 1 is 1.58 bits per heavy atom. The third kappa shape index (κ3) is 2.46. The monoisotopic (exact) mass is 174 g/mol. The molecule has 0 radical (unpaired) electrons. The molecule has 0 aliphatic heterocycles. The first-order valence-corrected chi connectivity index (χ1v) is 4.15. The van der Waals surface area contributed by atoms with Gasteiger partial charge in [-0.3, -0.25) is 9.69 Å². The fourth-order valence-electron chi connectivity index (χ4n) is 1.12. The highest BCUT2D eigenvalue weighted by Gasteiger charge is 2.32. The van der Waals surface area contributed by atoms with E-state index in [4.69, 9.17) is 10.8 Å². The van der Waals surface area contributed by atoms with Crippen molar-refractivity contribution in [2.24, 2.45) is 5.73 Å². The van der Waals surface area contributed by atoms with Crippen molar-refractivity contribution in [3.05, 3.63) is 0 Å². The number of rotatable bonds is 5. The highest BCUT2D eigenvalue weighted by atomic mass is 16.4. The van der Waals surface area contributed by atoms with Crippen molar-refractivity contribution in [2.75, 3.05) is 19.6 Å². The molecule has 0 fully saturated rings. The molecule has 72 valence electrons. The number of carbonyl (C=O) groups is 1. The van der Waals surface area contributed by atoms with E-state index in [9.17, 15) is 4.79 Å². The number of likely N-dealkylation sites (N-methyl/N-ethyl adjacent to an activating group) is 1. The molecule has 3 N–H and O–H groups in total. The minimum atomic E-state index is -0.811. The predicted molar refractivity (Wildman–Crippen MR) is 48.0 cm³/mol. The van der Waals surface area contributed by atoms with Gasteiger partial charge in [0.25, 0.3) is 0 Å². The van der Waals surface area contributed by atoms with E-state index in [1.807, 2.05) is 11.8 Å². The molecular formula is C8H18N2O2. The molecule has 0 aromatic carbocycles. The zero-order chi connectivity index (χ0) is 9.78. The van der Waals surface area contributed by atoms with Gasteiger partial charge >= 0.3 is 5.97 Å². The average Bonchev–Trinajstić information content (AvgIpc) is 1.99. The number of hydrogen-bond acceptors (Lipinski definition) is 3. The lowest BCUT2D eigenvalue weighted by Gasteiger charge is -2.33. The number of carboxylic acids is 1. The molecule has 0 aliphatic rings. The molecule has 12 heavy (non-hydrogen) atoms. The highest BCUT2D eigenvalue weighted by molar-refractivity contribution is 5.77. The molecule has 0 unspecified atom stereocenters. The largest absolute Gasteiger partial charge is 0.480 e. The van der Waals surface area contributed by atoms with Gasteiger partial charge in [0.1, 0.15) is 5.54 Å². The van der Waals surface area contributed by atoms with E-state index in [1.54, 1.807) is 13.8 Å². The predicted octanol–water partition coefficient (Wildman–Crippen LogP) is 0.130. The minimum absolute atomic E-state index is 0.491. The minimum Gasteiger partial charge on any atom is -0.480 e. The van der Waals surface area contributed by atoms with Gasteiger partial charge in [0.2, 0.25) is 0 Å². The number of hydrogen-bond donors (Lipinski definition) is 2. The Morgan fingerprint density at radius 3 is 2.33 bits per heavy atom. The molecular weight excluding hydrogens is 156 g/mol. The van der Waals surface area contributed by atoms with Crippen LogP contribution in [-0.2, 0) is 4.79 Å². The lowest BCUT2D eigenvalue weighted by molar-refractivity contribution is -0.149. The van der Waals surface area contributed by atoms with Gasteiger partial charge in [-0.1, -0.05) is 6.92 Å². The van der Waals surface area contributed by atoms with Crippen LogP contribution in [0.2, 0.25) is 0 Å². The van der Waals surface area contributed by atoms with Crippen molar-refractivity contribution in [2.45, 2.75) is 26.3 Å². The van der Waals surface area contributed by atoms with E-state index in [-0.39, 0.29) is 0 Å². The molecule has 0 bridgehead atoms. The van der Waals surface area contributed by atoms with E-state index in [0.717, 1.165) is 0 Å². The molecule has 0 heterocycles. The van der Waals surface area contributed by atoms with Crippen LogP contribution in [0.5, 0.6) is 0 Å². The third-order valence-corrected chi connectivity index (χ3v) is 2.09. The molecule has 4 nitrogen and oxygen atoms in total. The summed E-state index contributed by atoms with van der Waals surface area (Å²) in [6.07, 6.45) is 0. The maximum absolute atomic E-state index is 10.8. The number of carboxylic acid groups (broad SMARTS) is 1. The normalized spacial score (nSPS) is 12.1. The van der Waals surface area contributed by atoms with Gasteiger partial charge in [0.05, 0.1) is 0 Å². The van der Waals surface area contributed by atoms with Crippen LogP contribution in [-0.4, -0.2) is 41.1 Å². The van der Waals surface area contributed by atoms with Crippen molar-refractivity contribution in [3.8, 4) is 0 Å². The van der Waals surface area contributed by atoms with Crippen molar-refractivity contribution in [3.63, 3.8) is 0 Å². The Morgan fingerprint density at radius 2 is 2.08 bits per heavy atom. The average molecular weight is 174 g/mol. The maximum atomic E-state index is 10.8. The van der Waals surface area contributed by atoms with Gasteiger partial charge in [-0.15, -0.1) is 0 Å². The molecule has 0 saturated carbocycles. The van der Waals surface area contributed by atoms with Gasteiger partial charge in [0, 0.05) is 13.1 Å². The second-order valence-corrected chi connectivity index (χ2v) is 3.23. The van der Waals surface area contributed by atoms with Crippen LogP contribution in [0.15, 0.2) is 0 Å². The summed E-state index contributed by atoms with van der Waals surface area (Å²) in [5.41, 5.74) is 4.56. The van der Waals surface area contributed by atoms with E-state index in [2.05, 4.69) is 0 Å². The third-order valence-electron chi connectivity index (χ3n) is 2.09. The van der Waals surface area contributed by atoms with E-state index in [0.29, 0.717) is 19.6 Å². The van der Waals surface area contributed by atoms with Crippen LogP contribution < -0.4 is 5.73 Å². The molecule has 0 rings (SSSR count). The smallest absolute Gasteiger partial charge is 0.323 e. The van der Waals surface area contributed by atoms with E-state index >= 15 is 0 Å². The van der Waals surface area contributed by atoms with Crippen LogP contribution in [0.4, 0.5) is 0 Å². The van der Waals surface area contributed by atoms with Crippen LogP contribution in [0, 0.1) is 0 Å². The maximum Gasteiger partial charge on any atom is 0.323 e. The standard InChI is InChI=1S/C8H18N2O2/c1-4-10(6-5-9)8(2,3)7(11)12/h4-6,9H2,1-3H3,(H,11,12). The summed E-state index contributed by atoms with van der Waals surface area (Å²) in [6, 6.07) is 0. The summed E-state index contributed by atoms with van der Waals surface area (Å²) in [5.74, 6) is -0.808. The van der Waals surface area contributed by atoms with Gasteiger partial charge in [-0.25, -0.2) is 0 Å². The van der Waals surface area contributed by atoms with E-state index in [1.165, 1.54) is 0 Å². The second kappa shape index (κ2) is 4.42. The van der Waals surface area contributed by atoms with Gasteiger partial charge in [-0.2, -0.15) is 0 Å². The molecule has 0 atom stereocenters. The molecule has 4 heteroatoms. The van der Waals surface area contributed by atoms with Gasteiger partial charge in [-0.05, 0) is 20.4 Å². The van der Waals surface area contributed by atoms with Crippen molar-refractivity contribution < 1.29 is 9.90 Å². The van der Waals surface area contributed by atoms with Crippen LogP contribution in [0.3, 0.4) is 0 Å². The summed E-state index contributed by atoms with van der Waals surface area (Å²) in [4.78, 5) is 12.7. The van der Waals surface area contributed by atoms with Crippen LogP contribution in [0.1, 0.15) is 20.8 Å². The lowest BCUT2D eigenvalue weighted by atomic mass is 10.0. The van der Waals surface area contributed by atoms with Crippen molar-refractivity contribution >= 4 is 5.97 Å². The molecule has 0 amide bonds. The zero-order valence-corrected chi connectivity index (χ0v) is 8.00. The fraction of sp³-hybridized carbons (Fsp3) is 0.875. The summed E-state index contributed by atoms with van der Waals surface area (Å²) < 4.78 is 0. The van der Waals surface area contributed by atoms with E-state index < -0.39 is 11.5 Å². The zero-order valence-electron chi connectivity index (χ0n) is 8.00. The molecule has 0 spiro atoms. The Kier molecular flexibility index (Phi) is 4.20. The van der Waals surface area contributed by atoms with Crippen LogP contribution in [0.25, 0.3) is 0 Å². The quantitative estimate of drug-likeness (QED) is 0.621. The Bertz CT molecular complexity index is 157. The first kappa shape index (κ1) is 11.4. The SMILES string of the molecule is CCN(CCN)C(C)(C)C(=O)O. The molecule has 0 aromatic rings. The summed E-state index contributed by atoms with van der Waals surface area (Å²) >= 11 is 0. The summed E-state index contributed by atoms with van der Waals surface area (Å²) in [6.45, 7) is 7.13. The fourth-order valence-corrected chi connectivity index (χ4v) is 1.12. The van der Waals surface area contributed by atoms with Gasteiger partial charge < -0.3 is 10.8 Å². The highest BCUT2D eigenvalue weighted by Crippen LogP contribution is 2.13. The second-order valence-electron chi connectivity index (χ2n) is 3.23.